The van der Waals surface area contributed by atoms with Crippen LogP contribution in [0, 0.1) is 5.92 Å². The summed E-state index contributed by atoms with van der Waals surface area (Å²) in [6.07, 6.45) is 0.947. The zero-order valence-electron chi connectivity index (χ0n) is 10.9. The first-order chi connectivity index (χ1) is 7.58. The summed E-state index contributed by atoms with van der Waals surface area (Å²) in [6.45, 7) is 4.33. The van der Waals surface area contributed by atoms with Crippen molar-refractivity contribution in [3.05, 3.63) is 23.8 Å². The summed E-state index contributed by atoms with van der Waals surface area (Å²) in [5.41, 5.74) is 7.18. The SMILES string of the molecule is COc1ccc([C@@H](N)CC(C)C)c(OC)c1.Cl. The number of benzene rings is 1. The van der Waals surface area contributed by atoms with Gasteiger partial charge >= 0.3 is 0 Å². The fraction of sp³-hybridized carbons (Fsp3) is 0.538. The van der Waals surface area contributed by atoms with Crippen molar-refractivity contribution >= 4 is 12.4 Å². The highest BCUT2D eigenvalue weighted by Gasteiger charge is 2.14. The second kappa shape index (κ2) is 7.41. The topological polar surface area (TPSA) is 44.5 Å². The highest BCUT2D eigenvalue weighted by atomic mass is 35.5. The molecule has 0 aromatic heterocycles. The molecule has 1 aromatic carbocycles. The van der Waals surface area contributed by atoms with Crippen molar-refractivity contribution in [2.45, 2.75) is 26.3 Å². The third kappa shape index (κ3) is 4.44. The van der Waals surface area contributed by atoms with Crippen LogP contribution in [0.1, 0.15) is 31.9 Å². The number of halogens is 1. The van der Waals surface area contributed by atoms with E-state index in [0.29, 0.717) is 5.92 Å². The van der Waals surface area contributed by atoms with Gasteiger partial charge in [-0.05, 0) is 18.4 Å². The highest BCUT2D eigenvalue weighted by Crippen LogP contribution is 2.31. The third-order valence-electron chi connectivity index (χ3n) is 2.57. The Morgan fingerprint density at radius 3 is 2.29 bits per heavy atom. The standard InChI is InChI=1S/C13H21NO2.ClH/c1-9(2)7-12(14)11-6-5-10(15-3)8-13(11)16-4;/h5-6,8-9,12H,7,14H2,1-4H3;1H/t12-;/m0./s1. The first-order valence-corrected chi connectivity index (χ1v) is 5.56. The van der Waals surface area contributed by atoms with E-state index in [4.69, 9.17) is 15.2 Å². The molecule has 3 nitrogen and oxygen atoms in total. The number of hydrogen-bond donors (Lipinski definition) is 1. The van der Waals surface area contributed by atoms with E-state index in [1.807, 2.05) is 18.2 Å². The van der Waals surface area contributed by atoms with Crippen LogP contribution in [-0.4, -0.2) is 14.2 Å². The van der Waals surface area contributed by atoms with Crippen LogP contribution in [0.25, 0.3) is 0 Å². The summed E-state index contributed by atoms with van der Waals surface area (Å²) in [4.78, 5) is 0. The Morgan fingerprint density at radius 2 is 1.82 bits per heavy atom. The van der Waals surface area contributed by atoms with Crippen LogP contribution in [-0.2, 0) is 0 Å². The fourth-order valence-electron chi connectivity index (χ4n) is 1.76. The quantitative estimate of drug-likeness (QED) is 0.883. The van der Waals surface area contributed by atoms with Gasteiger partial charge in [0.2, 0.25) is 0 Å². The van der Waals surface area contributed by atoms with Crippen LogP contribution in [0.2, 0.25) is 0 Å². The van der Waals surface area contributed by atoms with E-state index in [0.717, 1.165) is 23.5 Å². The van der Waals surface area contributed by atoms with Crippen LogP contribution in [0.4, 0.5) is 0 Å². The summed E-state index contributed by atoms with van der Waals surface area (Å²) in [7, 11) is 3.29. The molecule has 1 aromatic rings. The maximum Gasteiger partial charge on any atom is 0.127 e. The molecule has 0 aliphatic carbocycles. The number of methoxy groups -OCH3 is 2. The van der Waals surface area contributed by atoms with Gasteiger partial charge in [0.05, 0.1) is 14.2 Å². The van der Waals surface area contributed by atoms with Crippen molar-refractivity contribution in [2.24, 2.45) is 11.7 Å². The number of hydrogen-bond acceptors (Lipinski definition) is 3. The summed E-state index contributed by atoms with van der Waals surface area (Å²) in [6, 6.07) is 5.78. The molecule has 0 bridgehead atoms. The van der Waals surface area contributed by atoms with Crippen molar-refractivity contribution in [1.82, 2.24) is 0 Å². The molecule has 0 saturated carbocycles. The maximum atomic E-state index is 6.14. The summed E-state index contributed by atoms with van der Waals surface area (Å²) in [5, 5.41) is 0. The van der Waals surface area contributed by atoms with Gasteiger partial charge in [-0.2, -0.15) is 0 Å². The molecule has 0 spiro atoms. The predicted octanol–water partition coefficient (Wildman–Crippen LogP) is 3.17. The monoisotopic (exact) mass is 259 g/mol. The van der Waals surface area contributed by atoms with Crippen molar-refractivity contribution < 1.29 is 9.47 Å². The Morgan fingerprint density at radius 1 is 1.18 bits per heavy atom. The molecular weight excluding hydrogens is 238 g/mol. The molecule has 2 N–H and O–H groups in total. The van der Waals surface area contributed by atoms with Crippen molar-refractivity contribution in [1.29, 1.82) is 0 Å². The fourth-order valence-corrected chi connectivity index (χ4v) is 1.76. The van der Waals surface area contributed by atoms with Crippen LogP contribution in [0.15, 0.2) is 18.2 Å². The van der Waals surface area contributed by atoms with E-state index in [1.54, 1.807) is 14.2 Å². The lowest BCUT2D eigenvalue weighted by Crippen LogP contribution is -2.14. The first kappa shape index (κ1) is 16.1. The minimum Gasteiger partial charge on any atom is -0.497 e. The Bertz CT molecular complexity index is 342. The van der Waals surface area contributed by atoms with E-state index in [1.165, 1.54) is 0 Å². The van der Waals surface area contributed by atoms with E-state index in [2.05, 4.69) is 13.8 Å². The Labute approximate surface area is 110 Å². The highest BCUT2D eigenvalue weighted by molar-refractivity contribution is 5.85. The Kier molecular flexibility index (Phi) is 7.00. The zero-order valence-corrected chi connectivity index (χ0v) is 11.7. The van der Waals surface area contributed by atoms with Gasteiger partial charge in [0.1, 0.15) is 11.5 Å². The molecule has 17 heavy (non-hydrogen) atoms. The van der Waals surface area contributed by atoms with Crippen LogP contribution < -0.4 is 15.2 Å². The van der Waals surface area contributed by atoms with Crippen LogP contribution >= 0.6 is 12.4 Å². The van der Waals surface area contributed by atoms with Crippen molar-refractivity contribution in [3.63, 3.8) is 0 Å². The summed E-state index contributed by atoms with van der Waals surface area (Å²) < 4.78 is 10.5. The van der Waals surface area contributed by atoms with E-state index in [9.17, 15) is 0 Å². The minimum atomic E-state index is 0. The molecule has 0 aliphatic rings. The van der Waals surface area contributed by atoms with Gasteiger partial charge in [-0.1, -0.05) is 19.9 Å². The number of rotatable bonds is 5. The van der Waals surface area contributed by atoms with Gasteiger partial charge in [0.25, 0.3) is 0 Å². The molecule has 0 fully saturated rings. The molecular formula is C13H22ClNO2. The molecule has 0 heterocycles. The van der Waals surface area contributed by atoms with Crippen LogP contribution in [0.3, 0.4) is 0 Å². The Balaban J connectivity index is 0.00000256. The van der Waals surface area contributed by atoms with Gasteiger partial charge in [-0.25, -0.2) is 0 Å². The minimum absolute atomic E-state index is 0. The average Bonchev–Trinajstić information content (AvgIpc) is 2.27. The molecule has 0 saturated heterocycles. The van der Waals surface area contributed by atoms with Gasteiger partial charge in [0, 0.05) is 17.7 Å². The smallest absolute Gasteiger partial charge is 0.127 e. The zero-order chi connectivity index (χ0) is 12.1. The average molecular weight is 260 g/mol. The molecule has 4 heteroatoms. The van der Waals surface area contributed by atoms with Gasteiger partial charge in [-0.15, -0.1) is 12.4 Å². The normalized spacial score (nSPS) is 11.9. The van der Waals surface area contributed by atoms with Gasteiger partial charge in [0.15, 0.2) is 0 Å². The van der Waals surface area contributed by atoms with Crippen molar-refractivity contribution in [3.8, 4) is 11.5 Å². The van der Waals surface area contributed by atoms with E-state index in [-0.39, 0.29) is 18.4 Å². The first-order valence-electron chi connectivity index (χ1n) is 5.56. The molecule has 0 amide bonds. The second-order valence-corrected chi connectivity index (χ2v) is 4.34. The third-order valence-corrected chi connectivity index (χ3v) is 2.57. The maximum absolute atomic E-state index is 6.14. The molecule has 1 rings (SSSR count). The summed E-state index contributed by atoms with van der Waals surface area (Å²) >= 11 is 0. The Hall–Kier alpha value is -0.930. The predicted molar refractivity (Wildman–Crippen MR) is 73.2 cm³/mol. The van der Waals surface area contributed by atoms with Crippen molar-refractivity contribution in [2.75, 3.05) is 14.2 Å². The van der Waals surface area contributed by atoms with Gasteiger partial charge < -0.3 is 15.2 Å². The lowest BCUT2D eigenvalue weighted by atomic mass is 9.97. The van der Waals surface area contributed by atoms with E-state index >= 15 is 0 Å². The molecule has 0 aliphatic heterocycles. The molecule has 0 radical (unpaired) electrons. The summed E-state index contributed by atoms with van der Waals surface area (Å²) in [5.74, 6) is 2.16. The van der Waals surface area contributed by atoms with Crippen LogP contribution in [0.5, 0.6) is 11.5 Å². The molecule has 0 unspecified atom stereocenters. The number of nitrogens with two attached hydrogens (primary N) is 1. The lowest BCUT2D eigenvalue weighted by Gasteiger charge is -2.18. The van der Waals surface area contributed by atoms with E-state index < -0.39 is 0 Å². The van der Waals surface area contributed by atoms with Gasteiger partial charge in [-0.3, -0.25) is 0 Å². The number of ether oxygens (including phenoxy) is 2. The largest absolute Gasteiger partial charge is 0.497 e. The molecule has 1 atom stereocenters. The second-order valence-electron chi connectivity index (χ2n) is 4.34. The molecule has 98 valence electrons. The lowest BCUT2D eigenvalue weighted by molar-refractivity contribution is 0.384.